The Balaban J connectivity index is 0.000000277. The van der Waals surface area contributed by atoms with Crippen LogP contribution in [0, 0.1) is 12.3 Å². The predicted molar refractivity (Wildman–Crippen MR) is 102 cm³/mol. The summed E-state index contributed by atoms with van der Waals surface area (Å²) in [6, 6.07) is 14.8. The van der Waals surface area contributed by atoms with E-state index in [0.717, 1.165) is 0 Å². The van der Waals surface area contributed by atoms with Crippen molar-refractivity contribution in [1.82, 2.24) is 0 Å². The van der Waals surface area contributed by atoms with E-state index in [2.05, 4.69) is 62.4 Å². The van der Waals surface area contributed by atoms with Gasteiger partial charge in [0.15, 0.2) is 0 Å². The SMILES string of the molecule is Cc1cccc2c1=[C]([Zr])C(C)(C(Cl)Cl)C=2.Cl.Cl.c1cc2ccc1-2. The van der Waals surface area contributed by atoms with Crippen LogP contribution in [0.5, 0.6) is 0 Å². The van der Waals surface area contributed by atoms with Crippen LogP contribution in [0.4, 0.5) is 0 Å². The number of aryl methyl sites for hydroxylation is 1. The van der Waals surface area contributed by atoms with Gasteiger partial charge in [0.1, 0.15) is 0 Å². The first kappa shape index (κ1) is 21.3. The van der Waals surface area contributed by atoms with Crippen molar-refractivity contribution in [2.24, 2.45) is 5.41 Å². The van der Waals surface area contributed by atoms with E-state index in [1.165, 1.54) is 55.1 Å². The van der Waals surface area contributed by atoms with Gasteiger partial charge in [0, 0.05) is 0 Å². The van der Waals surface area contributed by atoms with Gasteiger partial charge in [-0.2, -0.15) is 0 Å². The molecule has 0 saturated carbocycles. The molecule has 5 heteroatoms. The van der Waals surface area contributed by atoms with Gasteiger partial charge in [-0.1, -0.05) is 24.3 Å². The molecule has 0 N–H and O–H groups in total. The van der Waals surface area contributed by atoms with E-state index < -0.39 is 0 Å². The Labute approximate surface area is 174 Å². The molecule has 1 aromatic rings. The van der Waals surface area contributed by atoms with Gasteiger partial charge in [-0.05, 0) is 11.1 Å². The molecule has 1 aromatic carbocycles. The van der Waals surface area contributed by atoms with Crippen LogP contribution in [0.1, 0.15) is 12.5 Å². The molecule has 0 saturated heterocycles. The molecule has 0 bridgehead atoms. The molecule has 0 fully saturated rings. The van der Waals surface area contributed by atoms with Crippen LogP contribution in [0.25, 0.3) is 20.5 Å². The standard InChI is InChI=1S/C12H11Cl2.C6H4.2ClH.Zr/c1-8-4-3-5-9-6-12(2,11(13)14)7-10(8)9;1-2-6-4-3-5(1)6;;;/h3-6,11H,1-2H3;1-4H;2*1H;. The molecular weight excluding hydrogens is 449 g/mol. The number of hydrogen-bond donors (Lipinski definition) is 0. The number of fused-ring (bicyclic) bond motifs is 2. The predicted octanol–water partition coefficient (Wildman–Crippen LogP) is 4.76. The summed E-state index contributed by atoms with van der Waals surface area (Å²) < 4.78 is 1.36. The van der Waals surface area contributed by atoms with Gasteiger partial charge in [-0.3, -0.25) is 0 Å². The van der Waals surface area contributed by atoms with E-state index in [-0.39, 0.29) is 35.1 Å². The Morgan fingerprint density at radius 2 is 1.48 bits per heavy atom. The smallest absolute Gasteiger partial charge is 0.0184 e. The molecule has 3 aliphatic carbocycles. The molecule has 1 unspecified atom stereocenters. The summed E-state index contributed by atoms with van der Waals surface area (Å²) >= 11 is 13.6. The van der Waals surface area contributed by atoms with Gasteiger partial charge in [0.2, 0.25) is 0 Å². The normalized spacial score (nSPS) is 18.7. The largest absolute Gasteiger partial charge is 0.147 e. The molecular formula is C18H17Cl4Zr. The first-order valence-electron chi connectivity index (χ1n) is 6.87. The van der Waals surface area contributed by atoms with Crippen molar-refractivity contribution in [3.8, 4) is 11.1 Å². The summed E-state index contributed by atoms with van der Waals surface area (Å²) in [5.74, 6) is 0. The first-order chi connectivity index (χ1) is 9.93. The van der Waals surface area contributed by atoms with E-state index in [4.69, 9.17) is 23.2 Å². The molecule has 23 heavy (non-hydrogen) atoms. The second-order valence-electron chi connectivity index (χ2n) is 5.72. The molecule has 0 amide bonds. The fourth-order valence-electron chi connectivity index (χ4n) is 2.65. The van der Waals surface area contributed by atoms with E-state index in [1.54, 1.807) is 0 Å². The molecule has 3 aliphatic rings. The van der Waals surface area contributed by atoms with Gasteiger partial charge in [0.25, 0.3) is 0 Å². The van der Waals surface area contributed by atoms with Crippen LogP contribution in [0.3, 0.4) is 0 Å². The van der Waals surface area contributed by atoms with E-state index in [9.17, 15) is 0 Å². The van der Waals surface area contributed by atoms with Gasteiger partial charge in [-0.15, -0.1) is 24.8 Å². The fourth-order valence-corrected chi connectivity index (χ4v) is 4.82. The van der Waals surface area contributed by atoms with E-state index >= 15 is 0 Å². The van der Waals surface area contributed by atoms with Crippen LogP contribution >= 0.6 is 48.0 Å². The second-order valence-corrected chi connectivity index (χ2v) is 8.04. The van der Waals surface area contributed by atoms with Gasteiger partial charge in [0.05, 0.1) is 0 Å². The van der Waals surface area contributed by atoms with Crippen molar-refractivity contribution in [3.05, 3.63) is 58.5 Å². The number of rotatable bonds is 1. The third-order valence-corrected chi connectivity index (χ3v) is 7.07. The molecule has 1 atom stereocenters. The molecule has 4 rings (SSSR count). The quantitative estimate of drug-likeness (QED) is 0.454. The second kappa shape index (κ2) is 8.07. The van der Waals surface area contributed by atoms with Gasteiger partial charge >= 0.3 is 116 Å². The molecule has 0 radical (unpaired) electrons. The summed E-state index contributed by atoms with van der Waals surface area (Å²) in [6.07, 6.45) is 2.20. The van der Waals surface area contributed by atoms with Crippen molar-refractivity contribution in [2.45, 2.75) is 18.7 Å². The third-order valence-electron chi connectivity index (χ3n) is 4.22. The maximum absolute atomic E-state index is 6.09. The maximum Gasteiger partial charge on any atom is -0.0184 e. The summed E-state index contributed by atoms with van der Waals surface area (Å²) in [5.41, 5.74) is 3.98. The summed E-state index contributed by atoms with van der Waals surface area (Å²) in [5, 5.41) is 2.63. The summed E-state index contributed by atoms with van der Waals surface area (Å²) in [7, 11) is 0. The zero-order valence-electron chi connectivity index (χ0n) is 12.8. The molecule has 0 nitrogen and oxygen atoms in total. The number of alkyl halides is 2. The Bertz CT molecular complexity index is 791. The average Bonchev–Trinajstić information content (AvgIpc) is 2.69. The minimum absolute atomic E-state index is 0. The zero-order chi connectivity index (χ0) is 15.2. The minimum Gasteiger partial charge on any atom is -0.147 e. The van der Waals surface area contributed by atoms with Crippen molar-refractivity contribution >= 4 is 57.4 Å². The van der Waals surface area contributed by atoms with Crippen molar-refractivity contribution < 1.29 is 24.7 Å². The van der Waals surface area contributed by atoms with Crippen molar-refractivity contribution in [1.29, 1.82) is 0 Å². The topological polar surface area (TPSA) is 0 Å². The molecule has 0 spiro atoms. The Morgan fingerprint density at radius 1 is 0.957 bits per heavy atom. The van der Waals surface area contributed by atoms with Gasteiger partial charge in [-0.25, -0.2) is 0 Å². The fraction of sp³-hybridized carbons (Fsp3) is 0.222. The van der Waals surface area contributed by atoms with Crippen LogP contribution in [0.15, 0.2) is 42.5 Å². The Morgan fingerprint density at radius 3 is 1.83 bits per heavy atom. The average molecular weight is 466 g/mol. The number of hydrogen-bond acceptors (Lipinski definition) is 0. The monoisotopic (exact) mass is 463 g/mol. The number of halogens is 4. The molecule has 121 valence electrons. The maximum atomic E-state index is 6.09. The summed E-state index contributed by atoms with van der Waals surface area (Å²) in [4.78, 5) is -0.376. The Hall–Kier alpha value is 0.223. The summed E-state index contributed by atoms with van der Waals surface area (Å²) in [6.45, 7) is 4.25. The van der Waals surface area contributed by atoms with E-state index in [0.29, 0.717) is 0 Å². The minimum atomic E-state index is -0.376. The van der Waals surface area contributed by atoms with Gasteiger partial charge < -0.3 is 0 Å². The third kappa shape index (κ3) is 3.75. The number of benzene rings is 2. The molecule has 0 heterocycles. The molecule has 0 aliphatic heterocycles. The Kier molecular flexibility index (Phi) is 7.46. The van der Waals surface area contributed by atoms with E-state index in [1.807, 2.05) is 0 Å². The van der Waals surface area contributed by atoms with Crippen LogP contribution < -0.4 is 10.4 Å². The zero-order valence-corrected chi connectivity index (χ0v) is 18.4. The molecule has 0 aromatic heterocycles. The van der Waals surface area contributed by atoms with Crippen molar-refractivity contribution in [2.75, 3.05) is 0 Å². The first-order valence-corrected chi connectivity index (χ1v) is 8.97. The van der Waals surface area contributed by atoms with Crippen molar-refractivity contribution in [3.63, 3.8) is 0 Å². The van der Waals surface area contributed by atoms with Crippen LogP contribution in [-0.4, -0.2) is 4.84 Å². The van der Waals surface area contributed by atoms with Crippen LogP contribution in [-0.2, 0) is 24.7 Å². The van der Waals surface area contributed by atoms with Crippen LogP contribution in [0.2, 0.25) is 0 Å².